The van der Waals surface area contributed by atoms with Gasteiger partial charge in [-0.2, -0.15) is 0 Å². The predicted molar refractivity (Wildman–Crippen MR) is 48.1 cm³/mol. The summed E-state index contributed by atoms with van der Waals surface area (Å²) in [6.07, 6.45) is 1.34. The molecule has 0 radical (unpaired) electrons. The summed E-state index contributed by atoms with van der Waals surface area (Å²) in [7, 11) is 1.70. The second kappa shape index (κ2) is 3.41. The number of benzene rings is 1. The number of rotatable bonds is 1. The number of hydrogen-bond donors (Lipinski definition) is 0. The van der Waals surface area contributed by atoms with Gasteiger partial charge in [0.15, 0.2) is 7.05 Å². The fraction of sp³-hybridized carbons (Fsp3) is 0.100. The monoisotopic (exact) mass is 187 g/mol. The molecule has 2 aromatic rings. The highest BCUT2D eigenvalue weighted by molar-refractivity contribution is 5.53. The first-order valence-corrected chi connectivity index (χ1v) is 4.23. The molecule has 14 heavy (non-hydrogen) atoms. The molecule has 0 unspecified atom stereocenters. The van der Waals surface area contributed by atoms with Crippen LogP contribution in [0.5, 0.6) is 5.88 Å². The van der Waals surface area contributed by atoms with Crippen molar-refractivity contribution in [2.45, 2.75) is 0 Å². The topological polar surface area (TPSA) is 52.7 Å². The zero-order valence-electron chi connectivity index (χ0n) is 7.71. The molecule has 70 valence electrons. The lowest BCUT2D eigenvalue weighted by molar-refractivity contribution is -0.732. The van der Waals surface area contributed by atoms with E-state index in [1.54, 1.807) is 7.05 Å². The molecular formula is C10H9N3O. The maximum Gasteiger partial charge on any atom is 0.226 e. The zero-order chi connectivity index (χ0) is 9.97. The Hall–Kier alpha value is -1.97. The Morgan fingerprint density at radius 2 is 1.93 bits per heavy atom. The Bertz CT molecular complexity index is 422. The zero-order valence-corrected chi connectivity index (χ0v) is 7.71. The molecule has 4 heteroatoms. The smallest absolute Gasteiger partial charge is 0.226 e. The summed E-state index contributed by atoms with van der Waals surface area (Å²) in [6.45, 7) is 0. The van der Waals surface area contributed by atoms with Gasteiger partial charge in [0.25, 0.3) is 0 Å². The van der Waals surface area contributed by atoms with Crippen LogP contribution < -0.4 is 9.79 Å². The van der Waals surface area contributed by atoms with Crippen molar-refractivity contribution in [3.63, 3.8) is 0 Å². The largest absolute Gasteiger partial charge is 0.854 e. The molecule has 0 amide bonds. The second-order valence-corrected chi connectivity index (χ2v) is 2.94. The summed E-state index contributed by atoms with van der Waals surface area (Å²) in [6, 6.07) is 9.42. The molecule has 0 fully saturated rings. The first-order chi connectivity index (χ1) is 6.75. The first-order valence-electron chi connectivity index (χ1n) is 4.23. The third kappa shape index (κ3) is 1.69. The van der Waals surface area contributed by atoms with Gasteiger partial charge in [0.2, 0.25) is 12.0 Å². The highest BCUT2D eigenvalue weighted by atomic mass is 16.3. The van der Waals surface area contributed by atoms with Crippen LogP contribution in [0.25, 0.3) is 11.4 Å². The van der Waals surface area contributed by atoms with Crippen LogP contribution in [-0.2, 0) is 7.05 Å². The number of nitrogens with zero attached hydrogens (tertiary/aromatic N) is 3. The molecule has 2 rings (SSSR count). The fourth-order valence-electron chi connectivity index (χ4n) is 1.20. The predicted octanol–water partition coefficient (Wildman–Crippen LogP) is 0.0417. The fourth-order valence-corrected chi connectivity index (χ4v) is 1.20. The number of aromatic nitrogens is 3. The van der Waals surface area contributed by atoms with Gasteiger partial charge in [-0.3, -0.25) is 0 Å². The van der Waals surface area contributed by atoms with Gasteiger partial charge in [0, 0.05) is 10.7 Å². The van der Waals surface area contributed by atoms with E-state index in [9.17, 15) is 5.11 Å². The van der Waals surface area contributed by atoms with Gasteiger partial charge in [-0.05, 0) is 0 Å². The minimum absolute atomic E-state index is 0.277. The SMILES string of the molecule is C[n+]1cc([O-])nc(-c2ccccc2)n1. The quantitative estimate of drug-likeness (QED) is 0.592. The summed E-state index contributed by atoms with van der Waals surface area (Å²) in [4.78, 5) is 3.82. The molecule has 0 aliphatic rings. The van der Waals surface area contributed by atoms with Gasteiger partial charge < -0.3 is 5.11 Å². The van der Waals surface area contributed by atoms with Crippen LogP contribution in [-0.4, -0.2) is 10.1 Å². The van der Waals surface area contributed by atoms with Gasteiger partial charge in [0.1, 0.15) is 0 Å². The van der Waals surface area contributed by atoms with Crippen molar-refractivity contribution in [1.29, 1.82) is 0 Å². The van der Waals surface area contributed by atoms with Crippen molar-refractivity contribution in [3.8, 4) is 17.3 Å². The molecule has 0 aliphatic carbocycles. The summed E-state index contributed by atoms with van der Waals surface area (Å²) in [5.41, 5.74) is 0.848. The normalized spacial score (nSPS) is 10.1. The van der Waals surface area contributed by atoms with E-state index in [2.05, 4.69) is 10.1 Å². The lowest BCUT2D eigenvalue weighted by atomic mass is 10.2. The van der Waals surface area contributed by atoms with Gasteiger partial charge >= 0.3 is 0 Å². The van der Waals surface area contributed by atoms with E-state index < -0.39 is 0 Å². The van der Waals surface area contributed by atoms with Gasteiger partial charge in [-0.1, -0.05) is 35.0 Å². The molecule has 0 aliphatic heterocycles. The van der Waals surface area contributed by atoms with Crippen LogP contribution in [0, 0.1) is 0 Å². The van der Waals surface area contributed by atoms with E-state index in [4.69, 9.17) is 0 Å². The Balaban J connectivity index is 2.52. The minimum atomic E-state index is -0.277. The van der Waals surface area contributed by atoms with E-state index in [-0.39, 0.29) is 5.88 Å². The molecule has 1 heterocycles. The van der Waals surface area contributed by atoms with Crippen molar-refractivity contribution in [2.24, 2.45) is 7.05 Å². The van der Waals surface area contributed by atoms with E-state index in [0.717, 1.165) is 5.56 Å². The Labute approximate surface area is 81.5 Å². The van der Waals surface area contributed by atoms with E-state index in [0.29, 0.717) is 5.82 Å². The van der Waals surface area contributed by atoms with Gasteiger partial charge in [-0.25, -0.2) is 4.98 Å². The molecule has 0 atom stereocenters. The van der Waals surface area contributed by atoms with E-state index in [1.165, 1.54) is 10.9 Å². The van der Waals surface area contributed by atoms with Crippen molar-refractivity contribution >= 4 is 0 Å². The second-order valence-electron chi connectivity index (χ2n) is 2.94. The molecule has 0 N–H and O–H groups in total. The van der Waals surface area contributed by atoms with E-state index >= 15 is 0 Å². The Morgan fingerprint density at radius 3 is 2.57 bits per heavy atom. The van der Waals surface area contributed by atoms with Gasteiger partial charge in [0.05, 0.1) is 5.88 Å². The lowest BCUT2D eigenvalue weighted by Gasteiger charge is -2.02. The van der Waals surface area contributed by atoms with Crippen molar-refractivity contribution < 1.29 is 9.79 Å². The van der Waals surface area contributed by atoms with Crippen LogP contribution >= 0.6 is 0 Å². The molecule has 1 aromatic carbocycles. The molecule has 0 saturated carbocycles. The average Bonchev–Trinajstić information content (AvgIpc) is 2.18. The number of aryl methyl sites for hydroxylation is 1. The van der Waals surface area contributed by atoms with Crippen LogP contribution in [0.4, 0.5) is 0 Å². The summed E-state index contributed by atoms with van der Waals surface area (Å²) >= 11 is 0. The number of hydrogen-bond acceptors (Lipinski definition) is 3. The average molecular weight is 187 g/mol. The molecule has 0 spiro atoms. The summed E-state index contributed by atoms with van der Waals surface area (Å²) in [5.74, 6) is 0.182. The minimum Gasteiger partial charge on any atom is -0.854 e. The van der Waals surface area contributed by atoms with Crippen LogP contribution in [0.15, 0.2) is 36.5 Å². The molecule has 1 aromatic heterocycles. The van der Waals surface area contributed by atoms with Crippen molar-refractivity contribution in [1.82, 2.24) is 10.1 Å². The maximum absolute atomic E-state index is 11.1. The summed E-state index contributed by atoms with van der Waals surface area (Å²) in [5, 5.41) is 15.2. The van der Waals surface area contributed by atoms with Gasteiger partial charge in [-0.15, -0.1) is 0 Å². The highest BCUT2D eigenvalue weighted by Crippen LogP contribution is 2.12. The molecule has 0 saturated heterocycles. The molecular weight excluding hydrogens is 178 g/mol. The Kier molecular flexibility index (Phi) is 2.10. The lowest BCUT2D eigenvalue weighted by Crippen LogP contribution is -2.34. The van der Waals surface area contributed by atoms with Crippen LogP contribution in [0.1, 0.15) is 0 Å². The standard InChI is InChI=1S/C10H9N3O/c1-13-7-9(14)11-10(12-13)8-5-3-2-4-6-8/h2-7H,1H3. The van der Waals surface area contributed by atoms with Crippen molar-refractivity contribution in [3.05, 3.63) is 36.5 Å². The third-order valence-electron chi connectivity index (χ3n) is 1.80. The first kappa shape index (κ1) is 8.62. The molecule has 0 bridgehead atoms. The van der Waals surface area contributed by atoms with Crippen LogP contribution in [0.2, 0.25) is 0 Å². The van der Waals surface area contributed by atoms with Crippen LogP contribution in [0.3, 0.4) is 0 Å². The van der Waals surface area contributed by atoms with E-state index in [1.807, 2.05) is 30.3 Å². The molecule has 4 nitrogen and oxygen atoms in total. The third-order valence-corrected chi connectivity index (χ3v) is 1.80. The van der Waals surface area contributed by atoms with Crippen molar-refractivity contribution in [2.75, 3.05) is 0 Å². The highest BCUT2D eigenvalue weighted by Gasteiger charge is 2.04. The summed E-state index contributed by atoms with van der Waals surface area (Å²) < 4.78 is 1.47. The maximum atomic E-state index is 11.1. The Morgan fingerprint density at radius 1 is 1.21 bits per heavy atom.